The van der Waals surface area contributed by atoms with Gasteiger partial charge in [-0.15, -0.1) is 0 Å². The summed E-state index contributed by atoms with van der Waals surface area (Å²) < 4.78 is 0. The number of carbonyl (C=O) groups excluding carboxylic acids is 3. The average Bonchev–Trinajstić information content (AvgIpc) is 2.65. The fraction of sp³-hybridized carbons (Fsp3) is 0.318. The molecular formula is C22H27N3O3. The third-order valence-corrected chi connectivity index (χ3v) is 4.43. The van der Waals surface area contributed by atoms with Crippen LogP contribution in [0.15, 0.2) is 54.6 Å². The molecule has 2 aromatic carbocycles. The minimum Gasteiger partial charge on any atom is -0.370 e. The van der Waals surface area contributed by atoms with Crippen LogP contribution in [-0.2, 0) is 20.9 Å². The summed E-state index contributed by atoms with van der Waals surface area (Å²) in [5, 5.41) is 2.85. The van der Waals surface area contributed by atoms with Gasteiger partial charge in [0.15, 0.2) is 0 Å². The molecule has 28 heavy (non-hydrogen) atoms. The fourth-order valence-corrected chi connectivity index (χ4v) is 2.94. The lowest BCUT2D eigenvalue weighted by Crippen LogP contribution is -2.37. The molecule has 1 atom stereocenters. The van der Waals surface area contributed by atoms with Gasteiger partial charge in [0.2, 0.25) is 17.7 Å². The molecule has 0 fully saturated rings. The zero-order valence-corrected chi connectivity index (χ0v) is 16.4. The summed E-state index contributed by atoms with van der Waals surface area (Å²) in [6.07, 6.45) is 0.197. The van der Waals surface area contributed by atoms with E-state index in [0.29, 0.717) is 6.54 Å². The molecule has 2 aromatic rings. The quantitative estimate of drug-likeness (QED) is 0.699. The number of hydrogen-bond acceptors (Lipinski definition) is 3. The number of rotatable bonds is 9. The number of aryl methyl sites for hydroxylation is 1. The number of primary amides is 1. The van der Waals surface area contributed by atoms with E-state index in [1.807, 2.05) is 61.5 Å². The predicted molar refractivity (Wildman–Crippen MR) is 108 cm³/mol. The minimum atomic E-state index is -0.456. The zero-order chi connectivity index (χ0) is 20.5. The summed E-state index contributed by atoms with van der Waals surface area (Å²) in [7, 11) is 0. The van der Waals surface area contributed by atoms with Crippen LogP contribution < -0.4 is 11.1 Å². The van der Waals surface area contributed by atoms with Crippen LogP contribution in [0.1, 0.15) is 42.5 Å². The van der Waals surface area contributed by atoms with E-state index in [9.17, 15) is 14.4 Å². The lowest BCUT2D eigenvalue weighted by Gasteiger charge is -2.26. The number of amides is 3. The van der Waals surface area contributed by atoms with Crippen LogP contribution in [0.3, 0.4) is 0 Å². The topological polar surface area (TPSA) is 92.5 Å². The van der Waals surface area contributed by atoms with E-state index in [2.05, 4.69) is 5.32 Å². The van der Waals surface area contributed by atoms with Gasteiger partial charge in [-0.25, -0.2) is 0 Å². The second-order valence-corrected chi connectivity index (χ2v) is 6.89. The molecule has 1 unspecified atom stereocenters. The molecule has 0 aromatic heterocycles. The van der Waals surface area contributed by atoms with Gasteiger partial charge in [0, 0.05) is 26.4 Å². The first-order chi connectivity index (χ1) is 13.3. The largest absolute Gasteiger partial charge is 0.370 e. The summed E-state index contributed by atoms with van der Waals surface area (Å²) in [5.41, 5.74) is 8.20. The van der Waals surface area contributed by atoms with Crippen LogP contribution in [0.25, 0.3) is 0 Å². The average molecular weight is 381 g/mol. The Hall–Kier alpha value is -3.15. The Labute approximate surface area is 165 Å². The SMILES string of the molecule is CC(=O)NC(CC(=O)N(CCC(N)=O)Cc1ccccc1)c1ccc(C)cc1. The lowest BCUT2D eigenvalue weighted by atomic mass is 10.0. The fourth-order valence-electron chi connectivity index (χ4n) is 2.94. The highest BCUT2D eigenvalue weighted by atomic mass is 16.2. The van der Waals surface area contributed by atoms with Crippen LogP contribution in [0, 0.1) is 6.92 Å². The maximum Gasteiger partial charge on any atom is 0.225 e. The Morgan fingerprint density at radius 1 is 1.04 bits per heavy atom. The molecule has 6 nitrogen and oxygen atoms in total. The number of nitrogens with two attached hydrogens (primary N) is 1. The molecule has 0 bridgehead atoms. The smallest absolute Gasteiger partial charge is 0.225 e. The molecule has 3 amide bonds. The van der Waals surface area contributed by atoms with Crippen LogP contribution in [0.2, 0.25) is 0 Å². The zero-order valence-electron chi connectivity index (χ0n) is 16.4. The Morgan fingerprint density at radius 2 is 1.68 bits per heavy atom. The maximum absolute atomic E-state index is 13.0. The van der Waals surface area contributed by atoms with Gasteiger partial charge in [0.1, 0.15) is 0 Å². The normalized spacial score (nSPS) is 11.5. The van der Waals surface area contributed by atoms with Gasteiger partial charge in [-0.3, -0.25) is 14.4 Å². The van der Waals surface area contributed by atoms with E-state index in [1.165, 1.54) is 6.92 Å². The molecule has 0 radical (unpaired) electrons. The van der Waals surface area contributed by atoms with Gasteiger partial charge in [-0.2, -0.15) is 0 Å². The Balaban J connectivity index is 2.17. The van der Waals surface area contributed by atoms with E-state index < -0.39 is 11.9 Å². The van der Waals surface area contributed by atoms with Crippen LogP contribution in [-0.4, -0.2) is 29.2 Å². The number of carbonyl (C=O) groups is 3. The third kappa shape index (κ3) is 6.87. The van der Waals surface area contributed by atoms with Gasteiger partial charge in [0.25, 0.3) is 0 Å². The summed E-state index contributed by atoms with van der Waals surface area (Å²) in [4.78, 5) is 37.5. The van der Waals surface area contributed by atoms with Crippen molar-refractivity contribution in [3.05, 3.63) is 71.3 Å². The second-order valence-electron chi connectivity index (χ2n) is 6.89. The first kappa shape index (κ1) is 21.2. The molecule has 6 heteroatoms. The van der Waals surface area contributed by atoms with E-state index in [4.69, 9.17) is 5.73 Å². The van der Waals surface area contributed by atoms with Gasteiger partial charge in [0.05, 0.1) is 12.5 Å². The van der Waals surface area contributed by atoms with E-state index in [1.54, 1.807) is 4.90 Å². The molecule has 3 N–H and O–H groups in total. The van der Waals surface area contributed by atoms with Crippen LogP contribution in [0.5, 0.6) is 0 Å². The predicted octanol–water partition coefficient (Wildman–Crippen LogP) is 2.47. The molecule has 0 aliphatic heterocycles. The van der Waals surface area contributed by atoms with Gasteiger partial charge in [-0.1, -0.05) is 60.2 Å². The summed E-state index contributed by atoms with van der Waals surface area (Å²) in [6, 6.07) is 16.8. The molecule has 148 valence electrons. The van der Waals surface area contributed by atoms with Crippen LogP contribution in [0.4, 0.5) is 0 Å². The molecule has 0 aliphatic carbocycles. The molecule has 0 spiro atoms. The van der Waals surface area contributed by atoms with Crippen molar-refractivity contribution in [1.82, 2.24) is 10.2 Å². The van der Waals surface area contributed by atoms with Crippen molar-refractivity contribution >= 4 is 17.7 Å². The van der Waals surface area contributed by atoms with Crippen LogP contribution >= 0.6 is 0 Å². The van der Waals surface area contributed by atoms with Crippen molar-refractivity contribution in [1.29, 1.82) is 0 Å². The lowest BCUT2D eigenvalue weighted by molar-refractivity contribution is -0.133. The molecular weight excluding hydrogens is 354 g/mol. The highest BCUT2D eigenvalue weighted by Crippen LogP contribution is 2.20. The van der Waals surface area contributed by atoms with E-state index in [0.717, 1.165) is 16.7 Å². The number of hydrogen-bond donors (Lipinski definition) is 2. The molecule has 0 saturated heterocycles. The number of nitrogens with zero attached hydrogens (tertiary/aromatic N) is 1. The van der Waals surface area contributed by atoms with Crippen molar-refractivity contribution in [2.75, 3.05) is 6.54 Å². The van der Waals surface area contributed by atoms with Crippen molar-refractivity contribution < 1.29 is 14.4 Å². The first-order valence-electron chi connectivity index (χ1n) is 9.29. The molecule has 0 aliphatic rings. The molecule has 0 saturated carbocycles. The molecule has 0 heterocycles. The summed E-state index contributed by atoms with van der Waals surface area (Å²) in [5.74, 6) is -0.808. The van der Waals surface area contributed by atoms with Crippen molar-refractivity contribution in [3.63, 3.8) is 0 Å². The van der Waals surface area contributed by atoms with Gasteiger partial charge >= 0.3 is 0 Å². The summed E-state index contributed by atoms with van der Waals surface area (Å²) in [6.45, 7) is 4.03. The van der Waals surface area contributed by atoms with Crippen molar-refractivity contribution in [2.24, 2.45) is 5.73 Å². The number of benzene rings is 2. The summed E-state index contributed by atoms with van der Waals surface area (Å²) >= 11 is 0. The highest BCUT2D eigenvalue weighted by molar-refractivity contribution is 5.80. The highest BCUT2D eigenvalue weighted by Gasteiger charge is 2.22. The van der Waals surface area contributed by atoms with E-state index >= 15 is 0 Å². The minimum absolute atomic E-state index is 0.0912. The third-order valence-electron chi connectivity index (χ3n) is 4.43. The van der Waals surface area contributed by atoms with Crippen molar-refractivity contribution in [3.8, 4) is 0 Å². The van der Waals surface area contributed by atoms with Gasteiger partial charge < -0.3 is 16.0 Å². The standard InChI is InChI=1S/C22H27N3O3/c1-16-8-10-19(11-9-16)20(24-17(2)26)14-22(28)25(13-12-21(23)27)15-18-6-4-3-5-7-18/h3-11,20H,12-15H2,1-2H3,(H2,23,27)(H,24,26). The number of nitrogens with one attached hydrogen (secondary N) is 1. The Morgan fingerprint density at radius 3 is 2.25 bits per heavy atom. The second kappa shape index (κ2) is 10.3. The Bertz CT molecular complexity index is 804. The van der Waals surface area contributed by atoms with Gasteiger partial charge in [-0.05, 0) is 18.1 Å². The monoisotopic (exact) mass is 381 g/mol. The Kier molecular flexibility index (Phi) is 7.75. The van der Waals surface area contributed by atoms with E-state index in [-0.39, 0.29) is 31.2 Å². The van der Waals surface area contributed by atoms with Crippen molar-refractivity contribution in [2.45, 2.75) is 39.3 Å². The maximum atomic E-state index is 13.0. The molecule has 2 rings (SSSR count). The first-order valence-corrected chi connectivity index (χ1v) is 9.29.